The van der Waals surface area contributed by atoms with Gasteiger partial charge in [-0.2, -0.15) is 0 Å². The van der Waals surface area contributed by atoms with Crippen molar-refractivity contribution in [1.82, 2.24) is 19.7 Å². The molecule has 10 heteroatoms. The van der Waals surface area contributed by atoms with E-state index in [9.17, 15) is 8.42 Å². The minimum Gasteiger partial charge on any atom is -0.371 e. The number of hydrogen-bond donors (Lipinski definition) is 2. The number of piperidine rings is 1. The van der Waals surface area contributed by atoms with Gasteiger partial charge in [-0.25, -0.2) is 17.8 Å². The lowest BCUT2D eigenvalue weighted by Crippen LogP contribution is -2.37. The third-order valence-electron chi connectivity index (χ3n) is 7.08. The highest BCUT2D eigenvalue weighted by atomic mass is 32.2. The molecule has 2 aromatic carbocycles. The summed E-state index contributed by atoms with van der Waals surface area (Å²) in [6, 6.07) is 13.6. The van der Waals surface area contributed by atoms with E-state index in [1.54, 1.807) is 4.68 Å². The van der Waals surface area contributed by atoms with Gasteiger partial charge in [0.1, 0.15) is 27.7 Å². The summed E-state index contributed by atoms with van der Waals surface area (Å²) in [5.74, 6) is 0.548. The molecule has 1 aliphatic heterocycles. The van der Waals surface area contributed by atoms with Crippen LogP contribution < -0.4 is 14.3 Å². The van der Waals surface area contributed by atoms with E-state index in [1.807, 2.05) is 70.3 Å². The molecule has 198 valence electrons. The molecule has 2 heterocycles. The van der Waals surface area contributed by atoms with E-state index in [1.165, 1.54) is 25.7 Å². The lowest BCUT2D eigenvalue weighted by molar-refractivity contribution is 0.384. The third-order valence-corrected chi connectivity index (χ3v) is 9.55. The molecule has 1 saturated heterocycles. The number of nitrogens with one attached hydrogen (secondary N) is 2. The van der Waals surface area contributed by atoms with Crippen LogP contribution in [0, 0.1) is 5.41 Å². The lowest BCUT2D eigenvalue weighted by atomic mass is 9.93. The van der Waals surface area contributed by atoms with Gasteiger partial charge >= 0.3 is 0 Å². The standard InChI is InChI=1S/C27H36N6O2S2/c1-5-36(34)29-20-9-10-23(25(17-20)32-15-13-27(11-12-27)14-16-32)24-19-33(31-28-24)21-7-6-8-22(18-21)37(35)30-26(2,3)4/h6-10,17-19,29-30H,5,11-16H2,1-4H3. The molecule has 1 aliphatic carbocycles. The minimum absolute atomic E-state index is 0.268. The van der Waals surface area contributed by atoms with E-state index >= 15 is 0 Å². The molecule has 2 atom stereocenters. The van der Waals surface area contributed by atoms with Crippen molar-refractivity contribution in [3.8, 4) is 16.9 Å². The highest BCUT2D eigenvalue weighted by Crippen LogP contribution is 2.54. The molecule has 2 N–H and O–H groups in total. The average molecular weight is 541 g/mol. The van der Waals surface area contributed by atoms with Gasteiger partial charge in [-0.3, -0.25) is 0 Å². The maximum Gasteiger partial charge on any atom is 0.125 e. The molecule has 0 bridgehead atoms. The molecule has 2 unspecified atom stereocenters. The van der Waals surface area contributed by atoms with Crippen LogP contribution in [-0.4, -0.2) is 47.8 Å². The van der Waals surface area contributed by atoms with Crippen molar-refractivity contribution in [2.24, 2.45) is 5.41 Å². The first kappa shape index (κ1) is 26.1. The van der Waals surface area contributed by atoms with Crippen LogP contribution in [0.1, 0.15) is 53.4 Å². The molecule has 0 radical (unpaired) electrons. The van der Waals surface area contributed by atoms with Crippen LogP contribution >= 0.6 is 0 Å². The van der Waals surface area contributed by atoms with Crippen LogP contribution in [0.3, 0.4) is 0 Å². The van der Waals surface area contributed by atoms with E-state index < -0.39 is 22.0 Å². The van der Waals surface area contributed by atoms with Gasteiger partial charge in [0, 0.05) is 41.3 Å². The third kappa shape index (κ3) is 6.13. The Hall–Kier alpha value is -2.56. The molecule has 1 saturated carbocycles. The van der Waals surface area contributed by atoms with Crippen LogP contribution in [0.4, 0.5) is 11.4 Å². The van der Waals surface area contributed by atoms with Gasteiger partial charge < -0.3 is 9.62 Å². The zero-order chi connectivity index (χ0) is 26.2. The monoisotopic (exact) mass is 540 g/mol. The van der Waals surface area contributed by atoms with Gasteiger partial charge in [0.05, 0.1) is 16.8 Å². The Bertz CT molecular complexity index is 1320. The lowest BCUT2D eigenvalue weighted by Gasteiger charge is -2.35. The molecule has 2 fully saturated rings. The summed E-state index contributed by atoms with van der Waals surface area (Å²) in [6.07, 6.45) is 7.05. The van der Waals surface area contributed by atoms with Crippen molar-refractivity contribution in [3.63, 3.8) is 0 Å². The topological polar surface area (TPSA) is 92.2 Å². The maximum atomic E-state index is 12.8. The van der Waals surface area contributed by atoms with Crippen molar-refractivity contribution in [2.75, 3.05) is 28.5 Å². The first-order chi connectivity index (χ1) is 17.6. The molecule has 2 aliphatic rings. The van der Waals surface area contributed by atoms with E-state index in [-0.39, 0.29) is 5.54 Å². The second kappa shape index (κ2) is 10.3. The van der Waals surface area contributed by atoms with Gasteiger partial charge in [-0.05, 0) is 88.3 Å². The van der Waals surface area contributed by atoms with Gasteiger partial charge in [-0.15, -0.1) is 5.10 Å². The normalized spacial score (nSPS) is 18.5. The predicted octanol–water partition coefficient (Wildman–Crippen LogP) is 4.82. The van der Waals surface area contributed by atoms with Crippen molar-refractivity contribution in [1.29, 1.82) is 0 Å². The highest BCUT2D eigenvalue weighted by Gasteiger charge is 2.44. The molecule has 0 amide bonds. The molecule has 8 nitrogen and oxygen atoms in total. The smallest absolute Gasteiger partial charge is 0.125 e. The summed E-state index contributed by atoms with van der Waals surface area (Å²) in [6.45, 7) is 9.89. The fraction of sp³-hybridized carbons (Fsp3) is 0.481. The van der Waals surface area contributed by atoms with Crippen LogP contribution in [0.25, 0.3) is 16.9 Å². The fourth-order valence-electron chi connectivity index (χ4n) is 4.77. The van der Waals surface area contributed by atoms with E-state index in [4.69, 9.17) is 0 Å². The first-order valence-corrected chi connectivity index (χ1v) is 15.4. The Kier molecular flexibility index (Phi) is 7.26. The van der Waals surface area contributed by atoms with Gasteiger partial charge in [0.15, 0.2) is 0 Å². The average Bonchev–Trinajstić information content (AvgIpc) is 3.44. The van der Waals surface area contributed by atoms with Crippen molar-refractivity contribution in [3.05, 3.63) is 48.7 Å². The summed E-state index contributed by atoms with van der Waals surface area (Å²) in [7, 11) is -2.44. The quantitative estimate of drug-likeness (QED) is 0.427. The predicted molar refractivity (Wildman–Crippen MR) is 152 cm³/mol. The van der Waals surface area contributed by atoms with Crippen molar-refractivity contribution >= 4 is 33.3 Å². The summed E-state index contributed by atoms with van der Waals surface area (Å²) in [5, 5.41) is 8.92. The zero-order valence-electron chi connectivity index (χ0n) is 22.0. The Morgan fingerprint density at radius 1 is 1.03 bits per heavy atom. The molecule has 37 heavy (non-hydrogen) atoms. The largest absolute Gasteiger partial charge is 0.371 e. The zero-order valence-corrected chi connectivity index (χ0v) is 23.6. The summed E-state index contributed by atoms with van der Waals surface area (Å²) in [4.78, 5) is 3.12. The van der Waals surface area contributed by atoms with Crippen molar-refractivity contribution < 1.29 is 8.42 Å². The number of aromatic nitrogens is 3. The maximum absolute atomic E-state index is 12.8. The number of hydrogen-bond acceptors (Lipinski definition) is 5. The summed E-state index contributed by atoms with van der Waals surface area (Å²) >= 11 is 0. The van der Waals surface area contributed by atoms with Crippen LogP contribution in [-0.2, 0) is 22.0 Å². The Morgan fingerprint density at radius 2 is 1.78 bits per heavy atom. The fourth-order valence-corrected chi connectivity index (χ4v) is 6.41. The molecular formula is C27H36N6O2S2. The number of nitrogens with zero attached hydrogens (tertiary/aromatic N) is 4. The molecule has 1 spiro atoms. The Balaban J connectivity index is 1.44. The van der Waals surface area contributed by atoms with Gasteiger partial charge in [0.25, 0.3) is 0 Å². The Morgan fingerprint density at radius 3 is 2.46 bits per heavy atom. The van der Waals surface area contributed by atoms with Gasteiger partial charge in [0.2, 0.25) is 0 Å². The highest BCUT2D eigenvalue weighted by molar-refractivity contribution is 7.86. The van der Waals surface area contributed by atoms with E-state index in [0.717, 1.165) is 41.4 Å². The Labute approximate surface area is 224 Å². The van der Waals surface area contributed by atoms with Crippen LogP contribution in [0.5, 0.6) is 0 Å². The SMILES string of the molecule is CCS(=O)Nc1ccc(-c2cn(-c3cccc(S(=O)NC(C)(C)C)c3)nn2)c(N2CCC3(CC2)CC3)c1. The molecule has 5 rings (SSSR count). The molecule has 3 aromatic rings. The second-order valence-corrected chi connectivity index (χ2v) is 13.8. The second-order valence-electron chi connectivity index (χ2n) is 11.1. The number of rotatable bonds is 8. The van der Waals surface area contributed by atoms with Crippen LogP contribution in [0.15, 0.2) is 53.6 Å². The van der Waals surface area contributed by atoms with E-state index in [0.29, 0.717) is 16.1 Å². The minimum atomic E-state index is -1.33. The van der Waals surface area contributed by atoms with Crippen LogP contribution in [0.2, 0.25) is 0 Å². The number of anilines is 2. The number of benzene rings is 2. The summed E-state index contributed by atoms with van der Waals surface area (Å²) < 4.78 is 32.9. The van der Waals surface area contributed by atoms with E-state index in [2.05, 4.69) is 30.7 Å². The van der Waals surface area contributed by atoms with Crippen molar-refractivity contribution in [2.45, 2.75) is 63.8 Å². The first-order valence-electron chi connectivity index (χ1n) is 12.9. The molecular weight excluding hydrogens is 504 g/mol. The summed E-state index contributed by atoms with van der Waals surface area (Å²) in [5.41, 5.74) is 4.81. The molecule has 1 aromatic heterocycles. The van der Waals surface area contributed by atoms with Gasteiger partial charge in [-0.1, -0.05) is 18.2 Å².